The van der Waals surface area contributed by atoms with E-state index >= 15 is 0 Å². The van der Waals surface area contributed by atoms with E-state index in [9.17, 15) is 13.2 Å². The summed E-state index contributed by atoms with van der Waals surface area (Å²) in [6.07, 6.45) is 2.46. The number of anilines is 1. The number of hydrogen-bond acceptors (Lipinski definition) is 8. The Balaban J connectivity index is 1.55. The van der Waals surface area contributed by atoms with Crippen LogP contribution in [0.4, 0.5) is 5.13 Å². The number of sulfonamides is 1. The molecule has 0 saturated carbocycles. The summed E-state index contributed by atoms with van der Waals surface area (Å²) in [5.74, 6) is 1.29. The molecule has 1 amide bonds. The van der Waals surface area contributed by atoms with Gasteiger partial charge in [-0.05, 0) is 61.4 Å². The smallest absolute Gasteiger partial charge is 0.247 e. The predicted octanol–water partition coefficient (Wildman–Crippen LogP) is 4.95. The van der Waals surface area contributed by atoms with Crippen molar-refractivity contribution in [1.29, 1.82) is 0 Å². The molecule has 2 aromatic carbocycles. The van der Waals surface area contributed by atoms with Crippen molar-refractivity contribution in [3.63, 3.8) is 0 Å². The van der Waals surface area contributed by atoms with E-state index in [4.69, 9.17) is 30.5 Å². The average Bonchev–Trinajstić information content (AvgIpc) is 3.67. The third-order valence-corrected chi connectivity index (χ3v) is 9.47. The first-order valence-electron chi connectivity index (χ1n) is 11.5. The number of fused-ring (bicyclic) bond motifs is 1. The summed E-state index contributed by atoms with van der Waals surface area (Å²) < 4.78 is 45.5. The first kappa shape index (κ1) is 25.5. The Morgan fingerprint density at radius 2 is 1.89 bits per heavy atom. The van der Waals surface area contributed by atoms with E-state index in [-0.39, 0.29) is 23.9 Å². The van der Waals surface area contributed by atoms with Crippen LogP contribution >= 0.6 is 22.9 Å². The number of methoxy groups -OCH3 is 2. The molecule has 1 fully saturated rings. The Morgan fingerprint density at radius 1 is 1.16 bits per heavy atom. The zero-order valence-electron chi connectivity index (χ0n) is 20.1. The van der Waals surface area contributed by atoms with E-state index in [2.05, 4.69) is 0 Å². The predicted molar refractivity (Wildman–Crippen MR) is 141 cm³/mol. The summed E-state index contributed by atoms with van der Waals surface area (Å²) in [5, 5.41) is 0.814. The molecule has 1 saturated heterocycles. The Kier molecular flexibility index (Phi) is 7.13. The fourth-order valence-electron chi connectivity index (χ4n) is 4.38. The molecule has 1 unspecified atom stereocenters. The zero-order chi connectivity index (χ0) is 26.2. The van der Waals surface area contributed by atoms with Gasteiger partial charge in [-0.1, -0.05) is 22.9 Å². The highest BCUT2D eigenvalue weighted by molar-refractivity contribution is 7.89. The van der Waals surface area contributed by atoms with Crippen LogP contribution in [-0.2, 0) is 21.4 Å². The number of thiazole rings is 1. The SMILES string of the molecule is COc1ccc(OC)c2sc(N(Cc3ccco3)C(=O)C3CCCN3S(=O)(=O)c3ccc(Cl)cc3)nc12. The number of benzene rings is 2. The standard InChI is InChI=1S/C25H24ClN3O6S2/c1-33-20-11-12-21(34-2)23-22(20)27-25(36-23)28(15-17-5-4-14-35-17)24(30)19-6-3-13-29(19)37(31,32)18-9-7-16(26)8-10-18/h4-5,7-12,14,19H,3,6,13,15H2,1-2H3. The molecule has 0 bridgehead atoms. The first-order valence-corrected chi connectivity index (χ1v) is 14.1. The Hall–Kier alpha value is -3.12. The maximum Gasteiger partial charge on any atom is 0.247 e. The number of ether oxygens (including phenoxy) is 2. The van der Waals surface area contributed by atoms with Gasteiger partial charge in [-0.25, -0.2) is 13.4 Å². The lowest BCUT2D eigenvalue weighted by Crippen LogP contribution is -2.47. The minimum Gasteiger partial charge on any atom is -0.495 e. The van der Waals surface area contributed by atoms with Gasteiger partial charge in [0.2, 0.25) is 15.9 Å². The van der Waals surface area contributed by atoms with Crippen LogP contribution in [0.1, 0.15) is 18.6 Å². The van der Waals surface area contributed by atoms with Gasteiger partial charge >= 0.3 is 0 Å². The topological polar surface area (TPSA) is 102 Å². The van der Waals surface area contributed by atoms with E-state index in [1.165, 1.54) is 51.1 Å². The highest BCUT2D eigenvalue weighted by Crippen LogP contribution is 2.41. The molecule has 0 N–H and O–H groups in total. The van der Waals surface area contributed by atoms with Crippen LogP contribution in [0, 0.1) is 0 Å². The molecule has 0 spiro atoms. The van der Waals surface area contributed by atoms with Gasteiger partial charge in [0.25, 0.3) is 0 Å². The second-order valence-electron chi connectivity index (χ2n) is 8.38. The maximum atomic E-state index is 14.1. The van der Waals surface area contributed by atoms with E-state index in [1.807, 2.05) is 0 Å². The number of halogens is 1. The van der Waals surface area contributed by atoms with Gasteiger partial charge in [0, 0.05) is 11.6 Å². The van der Waals surface area contributed by atoms with Crippen molar-refractivity contribution in [3.05, 3.63) is 65.6 Å². The normalized spacial score (nSPS) is 16.2. The van der Waals surface area contributed by atoms with Crippen LogP contribution in [0.5, 0.6) is 11.5 Å². The molecule has 3 heterocycles. The van der Waals surface area contributed by atoms with Gasteiger partial charge in [0.05, 0.1) is 31.9 Å². The summed E-state index contributed by atoms with van der Waals surface area (Å²) in [5.41, 5.74) is 0.552. The number of furan rings is 1. The molecule has 194 valence electrons. The molecule has 1 atom stereocenters. The monoisotopic (exact) mass is 561 g/mol. The maximum absolute atomic E-state index is 14.1. The van der Waals surface area contributed by atoms with Crippen LogP contribution in [-0.4, -0.2) is 50.4 Å². The Morgan fingerprint density at radius 3 is 2.57 bits per heavy atom. The number of aromatic nitrogens is 1. The van der Waals surface area contributed by atoms with Gasteiger partial charge in [-0.15, -0.1) is 0 Å². The number of rotatable bonds is 8. The Bertz CT molecular complexity index is 1480. The largest absolute Gasteiger partial charge is 0.495 e. The summed E-state index contributed by atoms with van der Waals surface area (Å²) in [6.45, 7) is 0.319. The molecule has 12 heteroatoms. The molecule has 0 radical (unpaired) electrons. The molecule has 1 aliphatic heterocycles. The van der Waals surface area contributed by atoms with Gasteiger partial charge < -0.3 is 13.9 Å². The third-order valence-electron chi connectivity index (χ3n) is 6.20. The average molecular weight is 562 g/mol. The summed E-state index contributed by atoms with van der Waals surface area (Å²) in [4.78, 5) is 20.3. The van der Waals surface area contributed by atoms with Crippen molar-refractivity contribution in [3.8, 4) is 11.5 Å². The van der Waals surface area contributed by atoms with Crippen molar-refractivity contribution < 1.29 is 27.1 Å². The van der Waals surface area contributed by atoms with Crippen molar-refractivity contribution >= 4 is 54.2 Å². The summed E-state index contributed by atoms with van der Waals surface area (Å²) in [7, 11) is -0.821. The lowest BCUT2D eigenvalue weighted by atomic mass is 10.2. The molecular formula is C25H24ClN3O6S2. The molecule has 37 heavy (non-hydrogen) atoms. The van der Waals surface area contributed by atoms with Crippen molar-refractivity contribution in [2.24, 2.45) is 0 Å². The lowest BCUT2D eigenvalue weighted by Gasteiger charge is -2.28. The minimum absolute atomic E-state index is 0.0849. The highest BCUT2D eigenvalue weighted by Gasteiger charge is 2.42. The summed E-state index contributed by atoms with van der Waals surface area (Å²) >= 11 is 7.22. The van der Waals surface area contributed by atoms with Crippen LogP contribution < -0.4 is 14.4 Å². The fraction of sp³-hybridized carbons (Fsp3) is 0.280. The first-order chi connectivity index (χ1) is 17.8. The van der Waals surface area contributed by atoms with Crippen LogP contribution in [0.3, 0.4) is 0 Å². The zero-order valence-corrected chi connectivity index (χ0v) is 22.5. The van der Waals surface area contributed by atoms with Crippen molar-refractivity contribution in [2.45, 2.75) is 30.3 Å². The van der Waals surface area contributed by atoms with Gasteiger partial charge in [-0.3, -0.25) is 9.69 Å². The number of carbonyl (C=O) groups excluding carboxylic acids is 1. The quantitative estimate of drug-likeness (QED) is 0.300. The molecule has 4 aromatic rings. The molecule has 0 aliphatic carbocycles. The number of amides is 1. The summed E-state index contributed by atoms with van der Waals surface area (Å²) in [6, 6.07) is 12.1. The highest BCUT2D eigenvalue weighted by atomic mass is 35.5. The van der Waals surface area contributed by atoms with Crippen LogP contribution in [0.15, 0.2) is 64.1 Å². The molecule has 5 rings (SSSR count). The van der Waals surface area contributed by atoms with E-state index in [1.54, 1.807) is 38.5 Å². The van der Waals surface area contributed by atoms with Gasteiger partial charge in [-0.2, -0.15) is 4.31 Å². The van der Waals surface area contributed by atoms with Crippen LogP contribution in [0.2, 0.25) is 5.02 Å². The molecular weight excluding hydrogens is 538 g/mol. The lowest BCUT2D eigenvalue weighted by molar-refractivity contribution is -0.121. The molecule has 2 aromatic heterocycles. The van der Waals surface area contributed by atoms with Gasteiger partial charge in [0.15, 0.2) is 5.13 Å². The number of nitrogens with zero attached hydrogens (tertiary/aromatic N) is 3. The molecule has 1 aliphatic rings. The van der Waals surface area contributed by atoms with E-state index < -0.39 is 16.1 Å². The fourth-order valence-corrected chi connectivity index (χ4v) is 7.24. The van der Waals surface area contributed by atoms with Crippen LogP contribution in [0.25, 0.3) is 10.2 Å². The number of hydrogen-bond donors (Lipinski definition) is 0. The van der Waals surface area contributed by atoms with Crippen molar-refractivity contribution in [1.82, 2.24) is 9.29 Å². The van der Waals surface area contributed by atoms with Crippen molar-refractivity contribution in [2.75, 3.05) is 25.7 Å². The Labute approximate surface area is 223 Å². The van der Waals surface area contributed by atoms with Gasteiger partial charge in [0.1, 0.15) is 33.5 Å². The second kappa shape index (κ2) is 10.3. The minimum atomic E-state index is -3.93. The third kappa shape index (κ3) is 4.79. The van der Waals surface area contributed by atoms with E-state index in [0.717, 1.165) is 0 Å². The second-order valence-corrected chi connectivity index (χ2v) is 11.7. The molecule has 9 nitrogen and oxygen atoms in total. The van der Waals surface area contributed by atoms with E-state index in [0.29, 0.717) is 50.5 Å². The number of carbonyl (C=O) groups is 1.